The molecule has 1 aliphatic rings. The highest BCUT2D eigenvalue weighted by molar-refractivity contribution is 6.09. The monoisotopic (exact) mass is 424 g/mol. The second-order valence-corrected chi connectivity index (χ2v) is 7.88. The maximum Gasteiger partial charge on any atom is 0.339 e. The lowest BCUT2D eigenvalue weighted by atomic mass is 9.99. The number of hydrogen-bond donors (Lipinski definition) is 1. The van der Waals surface area contributed by atoms with Crippen LogP contribution < -0.4 is 5.32 Å². The fraction of sp³-hybridized carbons (Fsp3) is 0.375. The standard InChI is InChI=1S/C24H28N2O5/c1-16-5-4-12-26(14-16)15-17-6-8-18(9-7-17)22(27)25-21-13-19(23(28)30-2)10-11-20(21)24(29)31-3/h6-11,13,16H,4-5,12,14-15H2,1-3H3,(H,25,27)/t16-/m1/s1. The molecule has 164 valence electrons. The van der Waals surface area contributed by atoms with Gasteiger partial charge in [0.05, 0.1) is 31.0 Å². The van der Waals surface area contributed by atoms with Gasteiger partial charge in [-0.3, -0.25) is 9.69 Å². The molecule has 0 aliphatic carbocycles. The fourth-order valence-corrected chi connectivity index (χ4v) is 3.82. The Bertz CT molecular complexity index is 955. The maximum atomic E-state index is 12.8. The van der Waals surface area contributed by atoms with Gasteiger partial charge in [-0.1, -0.05) is 19.1 Å². The lowest BCUT2D eigenvalue weighted by Gasteiger charge is -2.30. The van der Waals surface area contributed by atoms with Crippen LogP contribution in [0.1, 0.15) is 56.4 Å². The number of methoxy groups -OCH3 is 2. The van der Waals surface area contributed by atoms with Crippen molar-refractivity contribution in [1.82, 2.24) is 4.90 Å². The molecule has 7 heteroatoms. The Hall–Kier alpha value is -3.19. The van der Waals surface area contributed by atoms with Gasteiger partial charge in [-0.05, 0) is 61.2 Å². The zero-order valence-electron chi connectivity index (χ0n) is 18.1. The number of nitrogens with zero attached hydrogens (tertiary/aromatic N) is 1. The van der Waals surface area contributed by atoms with Gasteiger partial charge >= 0.3 is 11.9 Å². The van der Waals surface area contributed by atoms with Gasteiger partial charge in [0.1, 0.15) is 0 Å². The van der Waals surface area contributed by atoms with E-state index in [9.17, 15) is 14.4 Å². The fourth-order valence-electron chi connectivity index (χ4n) is 3.82. The summed E-state index contributed by atoms with van der Waals surface area (Å²) in [6.45, 7) is 5.33. The molecule has 1 N–H and O–H groups in total. The second-order valence-electron chi connectivity index (χ2n) is 7.88. The van der Waals surface area contributed by atoms with Crippen molar-refractivity contribution in [3.8, 4) is 0 Å². The third-order valence-electron chi connectivity index (χ3n) is 5.46. The van der Waals surface area contributed by atoms with E-state index >= 15 is 0 Å². The Balaban J connectivity index is 1.74. The Kier molecular flexibility index (Phi) is 7.41. The predicted molar refractivity (Wildman–Crippen MR) is 117 cm³/mol. The molecule has 1 heterocycles. The van der Waals surface area contributed by atoms with E-state index in [0.717, 1.165) is 25.2 Å². The number of likely N-dealkylation sites (tertiary alicyclic amines) is 1. The number of hydrogen-bond acceptors (Lipinski definition) is 6. The van der Waals surface area contributed by atoms with E-state index in [0.29, 0.717) is 11.5 Å². The highest BCUT2D eigenvalue weighted by atomic mass is 16.5. The zero-order chi connectivity index (χ0) is 22.4. The largest absolute Gasteiger partial charge is 0.465 e. The zero-order valence-corrected chi connectivity index (χ0v) is 18.1. The van der Waals surface area contributed by atoms with Gasteiger partial charge in [-0.2, -0.15) is 0 Å². The van der Waals surface area contributed by atoms with Crippen LogP contribution in [0.5, 0.6) is 0 Å². The third kappa shape index (κ3) is 5.70. The van der Waals surface area contributed by atoms with Crippen LogP contribution in [0.15, 0.2) is 42.5 Å². The smallest absolute Gasteiger partial charge is 0.339 e. The summed E-state index contributed by atoms with van der Waals surface area (Å²) in [5, 5.41) is 2.71. The molecule has 1 aliphatic heterocycles. The molecule has 1 amide bonds. The molecule has 0 saturated carbocycles. The lowest BCUT2D eigenvalue weighted by Crippen LogP contribution is -2.33. The number of ether oxygens (including phenoxy) is 2. The molecule has 3 rings (SSSR count). The van der Waals surface area contributed by atoms with Crippen LogP contribution in [0.3, 0.4) is 0 Å². The van der Waals surface area contributed by atoms with Gasteiger partial charge < -0.3 is 14.8 Å². The first-order valence-corrected chi connectivity index (χ1v) is 10.3. The normalized spacial score (nSPS) is 16.4. The molecule has 0 radical (unpaired) electrons. The summed E-state index contributed by atoms with van der Waals surface area (Å²) in [5.41, 5.74) is 2.16. The number of carbonyl (C=O) groups is 3. The van der Waals surface area contributed by atoms with Crippen molar-refractivity contribution in [2.45, 2.75) is 26.3 Å². The van der Waals surface area contributed by atoms with Crippen LogP contribution in [0, 0.1) is 5.92 Å². The van der Waals surface area contributed by atoms with Gasteiger partial charge in [-0.25, -0.2) is 9.59 Å². The molecule has 1 saturated heterocycles. The molecule has 0 spiro atoms. The number of nitrogens with one attached hydrogen (secondary N) is 1. The van der Waals surface area contributed by atoms with Crippen molar-refractivity contribution in [3.63, 3.8) is 0 Å². The second kappa shape index (κ2) is 10.2. The molecular weight excluding hydrogens is 396 g/mol. The van der Waals surface area contributed by atoms with E-state index in [2.05, 4.69) is 17.1 Å². The number of piperidine rings is 1. The van der Waals surface area contributed by atoms with Crippen LogP contribution in [0.4, 0.5) is 5.69 Å². The first kappa shape index (κ1) is 22.5. The van der Waals surface area contributed by atoms with E-state index in [1.165, 1.54) is 45.3 Å². The number of rotatable bonds is 6. The number of amides is 1. The maximum absolute atomic E-state index is 12.8. The average Bonchev–Trinajstić information content (AvgIpc) is 2.78. The summed E-state index contributed by atoms with van der Waals surface area (Å²) in [4.78, 5) is 39.1. The van der Waals surface area contributed by atoms with Gasteiger partial charge in [0, 0.05) is 18.7 Å². The summed E-state index contributed by atoms with van der Waals surface area (Å²) in [7, 11) is 2.52. The van der Waals surface area contributed by atoms with Gasteiger partial charge in [0.2, 0.25) is 0 Å². The van der Waals surface area contributed by atoms with E-state index < -0.39 is 11.9 Å². The van der Waals surface area contributed by atoms with Crippen molar-refractivity contribution in [2.24, 2.45) is 5.92 Å². The van der Waals surface area contributed by atoms with E-state index in [4.69, 9.17) is 9.47 Å². The number of esters is 2. The molecule has 1 fully saturated rings. The number of benzene rings is 2. The van der Waals surface area contributed by atoms with Crippen molar-refractivity contribution < 1.29 is 23.9 Å². The molecule has 2 aromatic carbocycles. The van der Waals surface area contributed by atoms with Crippen LogP contribution >= 0.6 is 0 Å². The Morgan fingerprint density at radius 2 is 1.68 bits per heavy atom. The number of anilines is 1. The van der Waals surface area contributed by atoms with Crippen LogP contribution in [-0.4, -0.2) is 50.1 Å². The molecule has 7 nitrogen and oxygen atoms in total. The van der Waals surface area contributed by atoms with Crippen LogP contribution in [0.25, 0.3) is 0 Å². The average molecular weight is 424 g/mol. The van der Waals surface area contributed by atoms with E-state index in [1.807, 2.05) is 12.1 Å². The van der Waals surface area contributed by atoms with Crippen LogP contribution in [-0.2, 0) is 16.0 Å². The van der Waals surface area contributed by atoms with Crippen molar-refractivity contribution in [1.29, 1.82) is 0 Å². The molecule has 2 aromatic rings. The van der Waals surface area contributed by atoms with Crippen molar-refractivity contribution in [2.75, 3.05) is 32.6 Å². The van der Waals surface area contributed by atoms with Crippen molar-refractivity contribution in [3.05, 3.63) is 64.7 Å². The topological polar surface area (TPSA) is 84.9 Å². The Labute approximate surface area is 182 Å². The summed E-state index contributed by atoms with van der Waals surface area (Å²) in [5.74, 6) is -0.852. The predicted octanol–water partition coefficient (Wildman–Crippen LogP) is 3.74. The van der Waals surface area contributed by atoms with Gasteiger partial charge in [-0.15, -0.1) is 0 Å². The first-order valence-electron chi connectivity index (χ1n) is 10.3. The van der Waals surface area contributed by atoms with Crippen LogP contribution in [0.2, 0.25) is 0 Å². The molecule has 1 atom stereocenters. The summed E-state index contributed by atoms with van der Waals surface area (Å²) in [6, 6.07) is 11.7. The summed E-state index contributed by atoms with van der Waals surface area (Å²) < 4.78 is 9.49. The first-order chi connectivity index (χ1) is 14.9. The molecule has 31 heavy (non-hydrogen) atoms. The number of carbonyl (C=O) groups excluding carboxylic acids is 3. The van der Waals surface area contributed by atoms with Crippen molar-refractivity contribution >= 4 is 23.5 Å². The van der Waals surface area contributed by atoms with E-state index in [1.54, 1.807) is 12.1 Å². The minimum absolute atomic E-state index is 0.152. The minimum atomic E-state index is -0.613. The molecule has 0 unspecified atom stereocenters. The summed E-state index contributed by atoms with van der Waals surface area (Å²) >= 11 is 0. The molecule has 0 aromatic heterocycles. The third-order valence-corrected chi connectivity index (χ3v) is 5.46. The quantitative estimate of drug-likeness (QED) is 0.711. The SMILES string of the molecule is COC(=O)c1ccc(C(=O)OC)c(NC(=O)c2ccc(CN3CCC[C@@H](C)C3)cc2)c1. The lowest BCUT2D eigenvalue weighted by molar-refractivity contribution is 0.0587. The highest BCUT2D eigenvalue weighted by Crippen LogP contribution is 2.22. The molecular formula is C24H28N2O5. The minimum Gasteiger partial charge on any atom is -0.465 e. The van der Waals surface area contributed by atoms with E-state index in [-0.39, 0.29) is 22.7 Å². The van der Waals surface area contributed by atoms with Gasteiger partial charge in [0.15, 0.2) is 0 Å². The summed E-state index contributed by atoms with van der Waals surface area (Å²) in [6.07, 6.45) is 2.50. The highest BCUT2D eigenvalue weighted by Gasteiger charge is 2.19. The Morgan fingerprint density at radius 3 is 2.32 bits per heavy atom. The van der Waals surface area contributed by atoms with Gasteiger partial charge in [0.25, 0.3) is 5.91 Å². The Morgan fingerprint density at radius 1 is 1.00 bits per heavy atom. The molecule has 0 bridgehead atoms.